The van der Waals surface area contributed by atoms with Crippen molar-refractivity contribution < 1.29 is 14.8 Å². The summed E-state index contributed by atoms with van der Waals surface area (Å²) >= 11 is 0. The third kappa shape index (κ3) is 3.52. The Bertz CT molecular complexity index is 417. The third-order valence-electron chi connectivity index (χ3n) is 2.53. The predicted octanol–water partition coefficient (Wildman–Crippen LogP) is 0.196. The van der Waals surface area contributed by atoms with Crippen LogP contribution in [0.5, 0.6) is 0 Å². The second-order valence-corrected chi connectivity index (χ2v) is 3.71. The maximum atomic E-state index is 10.7. The van der Waals surface area contributed by atoms with Gasteiger partial charge in [0.05, 0.1) is 11.5 Å². The molecule has 8 heteroatoms. The summed E-state index contributed by atoms with van der Waals surface area (Å²) in [7, 11) is 1.68. The Labute approximate surface area is 97.6 Å². The molecule has 94 valence electrons. The van der Waals surface area contributed by atoms with Gasteiger partial charge in [-0.15, -0.1) is 0 Å². The molecule has 17 heavy (non-hydrogen) atoms. The largest absolute Gasteiger partial charge is 0.480 e. The van der Waals surface area contributed by atoms with Crippen molar-refractivity contribution in [3.8, 4) is 0 Å². The van der Waals surface area contributed by atoms with Crippen molar-refractivity contribution in [3.05, 3.63) is 22.5 Å². The van der Waals surface area contributed by atoms with Gasteiger partial charge in [-0.1, -0.05) is 0 Å². The Hall–Kier alpha value is -1.96. The molecular weight excluding hydrogens is 228 g/mol. The van der Waals surface area contributed by atoms with Gasteiger partial charge in [0.2, 0.25) is 0 Å². The minimum absolute atomic E-state index is 0.0704. The number of aliphatic carboxylic acids is 1. The standard InChI is InChI=1S/C9H14N4O4/c1-7(9(14)15)11(2)3-4-12-6-8(5-10-12)13(16)17/h5-7H,3-4H2,1-2H3,(H,14,15). The lowest BCUT2D eigenvalue weighted by Crippen LogP contribution is -2.37. The second kappa shape index (κ2) is 5.39. The first-order valence-corrected chi connectivity index (χ1v) is 5.01. The van der Waals surface area contributed by atoms with Gasteiger partial charge in [0, 0.05) is 6.54 Å². The second-order valence-electron chi connectivity index (χ2n) is 3.71. The number of nitro groups is 1. The number of nitrogens with zero attached hydrogens (tertiary/aromatic N) is 4. The quantitative estimate of drug-likeness (QED) is 0.564. The molecule has 1 aromatic heterocycles. The molecule has 1 aromatic rings. The van der Waals surface area contributed by atoms with Crippen LogP contribution >= 0.6 is 0 Å². The summed E-state index contributed by atoms with van der Waals surface area (Å²) in [6, 6.07) is -0.597. The molecule has 1 rings (SSSR count). The minimum Gasteiger partial charge on any atom is -0.480 e. The molecule has 8 nitrogen and oxygen atoms in total. The van der Waals surface area contributed by atoms with Crippen molar-refractivity contribution in [2.24, 2.45) is 0 Å². The zero-order valence-electron chi connectivity index (χ0n) is 9.61. The van der Waals surface area contributed by atoms with E-state index in [0.29, 0.717) is 13.1 Å². The molecule has 0 aliphatic rings. The topological polar surface area (TPSA) is 102 Å². The van der Waals surface area contributed by atoms with Gasteiger partial charge in [-0.25, -0.2) is 0 Å². The number of carbonyl (C=O) groups is 1. The summed E-state index contributed by atoms with van der Waals surface area (Å²) in [5.74, 6) is -0.904. The molecule has 0 amide bonds. The molecule has 1 N–H and O–H groups in total. The van der Waals surface area contributed by atoms with Gasteiger partial charge in [0.25, 0.3) is 0 Å². The highest BCUT2D eigenvalue weighted by molar-refractivity contribution is 5.72. The van der Waals surface area contributed by atoms with Crippen LogP contribution in [0.2, 0.25) is 0 Å². The zero-order chi connectivity index (χ0) is 13.0. The SMILES string of the molecule is CC(C(=O)O)N(C)CCn1cc([N+](=O)[O-])cn1. The zero-order valence-corrected chi connectivity index (χ0v) is 9.61. The summed E-state index contributed by atoms with van der Waals surface area (Å²) in [5, 5.41) is 23.0. The first-order valence-electron chi connectivity index (χ1n) is 5.01. The van der Waals surface area contributed by atoms with Crippen LogP contribution in [0.15, 0.2) is 12.4 Å². The highest BCUT2D eigenvalue weighted by Crippen LogP contribution is 2.07. The summed E-state index contributed by atoms with van der Waals surface area (Å²) < 4.78 is 1.42. The van der Waals surface area contributed by atoms with Gasteiger partial charge < -0.3 is 5.11 Å². The van der Waals surface area contributed by atoms with E-state index in [1.54, 1.807) is 18.9 Å². The number of hydrogen-bond donors (Lipinski definition) is 1. The van der Waals surface area contributed by atoms with Gasteiger partial charge in [0.15, 0.2) is 0 Å². The fourth-order valence-electron chi connectivity index (χ4n) is 1.21. The van der Waals surface area contributed by atoms with Crippen molar-refractivity contribution in [1.29, 1.82) is 0 Å². The molecule has 0 aliphatic heterocycles. The molecule has 0 radical (unpaired) electrons. The molecule has 0 saturated carbocycles. The van der Waals surface area contributed by atoms with Crippen LogP contribution in [0.3, 0.4) is 0 Å². The number of rotatable bonds is 6. The first-order chi connectivity index (χ1) is 7.91. The smallest absolute Gasteiger partial charge is 0.320 e. The number of carboxylic acid groups (broad SMARTS) is 1. The van der Waals surface area contributed by atoms with Crippen molar-refractivity contribution in [2.75, 3.05) is 13.6 Å². The van der Waals surface area contributed by atoms with Crippen LogP contribution in [0.4, 0.5) is 5.69 Å². The average Bonchev–Trinajstić information content (AvgIpc) is 2.73. The predicted molar refractivity (Wildman–Crippen MR) is 58.6 cm³/mol. The Balaban J connectivity index is 2.50. The number of likely N-dealkylation sites (N-methyl/N-ethyl adjacent to an activating group) is 1. The van der Waals surface area contributed by atoms with Crippen LogP contribution < -0.4 is 0 Å². The molecule has 0 bridgehead atoms. The van der Waals surface area contributed by atoms with Gasteiger partial charge in [-0.2, -0.15) is 5.10 Å². The Kier molecular flexibility index (Phi) is 4.16. The summed E-state index contributed by atoms with van der Waals surface area (Å²) in [6.45, 7) is 2.43. The Morgan fingerprint density at radius 1 is 1.76 bits per heavy atom. The molecule has 1 unspecified atom stereocenters. The van der Waals surface area contributed by atoms with Crippen molar-refractivity contribution in [3.63, 3.8) is 0 Å². The van der Waals surface area contributed by atoms with E-state index >= 15 is 0 Å². The van der Waals surface area contributed by atoms with Gasteiger partial charge in [-0.3, -0.25) is 24.5 Å². The average molecular weight is 242 g/mol. The lowest BCUT2D eigenvalue weighted by molar-refractivity contribution is -0.385. The fourth-order valence-corrected chi connectivity index (χ4v) is 1.21. The molecule has 1 heterocycles. The van der Waals surface area contributed by atoms with Gasteiger partial charge in [0.1, 0.15) is 18.4 Å². The highest BCUT2D eigenvalue weighted by Gasteiger charge is 2.16. The molecule has 0 saturated heterocycles. The van der Waals surface area contributed by atoms with E-state index in [1.807, 2.05) is 0 Å². The van der Waals surface area contributed by atoms with Crippen LogP contribution in [0.25, 0.3) is 0 Å². The highest BCUT2D eigenvalue weighted by atomic mass is 16.6. The maximum Gasteiger partial charge on any atom is 0.320 e. The first kappa shape index (κ1) is 13.1. The summed E-state index contributed by atoms with van der Waals surface area (Å²) in [4.78, 5) is 22.2. The van der Waals surface area contributed by atoms with E-state index in [1.165, 1.54) is 17.1 Å². The van der Waals surface area contributed by atoms with Gasteiger partial charge >= 0.3 is 11.7 Å². The van der Waals surface area contributed by atoms with Crippen molar-refractivity contribution >= 4 is 11.7 Å². The van der Waals surface area contributed by atoms with Crippen LogP contribution in [-0.4, -0.2) is 50.3 Å². The molecule has 0 fully saturated rings. The van der Waals surface area contributed by atoms with Crippen LogP contribution in [-0.2, 0) is 11.3 Å². The van der Waals surface area contributed by atoms with E-state index in [2.05, 4.69) is 5.10 Å². The molecule has 0 aromatic carbocycles. The van der Waals surface area contributed by atoms with E-state index in [4.69, 9.17) is 5.11 Å². The lowest BCUT2D eigenvalue weighted by Gasteiger charge is -2.20. The van der Waals surface area contributed by atoms with Crippen molar-refractivity contribution in [1.82, 2.24) is 14.7 Å². The molecule has 1 atom stereocenters. The normalized spacial score (nSPS) is 12.6. The van der Waals surface area contributed by atoms with Crippen LogP contribution in [0.1, 0.15) is 6.92 Å². The van der Waals surface area contributed by atoms with E-state index in [0.717, 1.165) is 0 Å². The maximum absolute atomic E-state index is 10.7. The van der Waals surface area contributed by atoms with E-state index in [9.17, 15) is 14.9 Å². The van der Waals surface area contributed by atoms with E-state index < -0.39 is 16.9 Å². The number of aromatic nitrogens is 2. The number of carboxylic acids is 1. The Morgan fingerprint density at radius 3 is 2.88 bits per heavy atom. The Morgan fingerprint density at radius 2 is 2.41 bits per heavy atom. The fraction of sp³-hybridized carbons (Fsp3) is 0.556. The molecular formula is C9H14N4O4. The van der Waals surface area contributed by atoms with Crippen molar-refractivity contribution in [2.45, 2.75) is 19.5 Å². The minimum atomic E-state index is -0.904. The van der Waals surface area contributed by atoms with Gasteiger partial charge in [-0.05, 0) is 14.0 Å². The molecule has 0 spiro atoms. The van der Waals surface area contributed by atoms with E-state index in [-0.39, 0.29) is 5.69 Å². The number of hydrogen-bond acceptors (Lipinski definition) is 5. The monoisotopic (exact) mass is 242 g/mol. The lowest BCUT2D eigenvalue weighted by atomic mass is 10.3. The summed E-state index contributed by atoms with van der Waals surface area (Å²) in [6.07, 6.45) is 2.49. The third-order valence-corrected chi connectivity index (χ3v) is 2.53. The molecule has 0 aliphatic carbocycles. The summed E-state index contributed by atoms with van der Waals surface area (Å²) in [5.41, 5.74) is -0.0704. The van der Waals surface area contributed by atoms with Crippen LogP contribution in [0, 0.1) is 10.1 Å².